The van der Waals surface area contributed by atoms with E-state index >= 15 is 0 Å². The van der Waals surface area contributed by atoms with Crippen LogP contribution in [0.1, 0.15) is 47.1 Å². The zero-order valence-electron chi connectivity index (χ0n) is 15.2. The highest BCUT2D eigenvalue weighted by molar-refractivity contribution is 6.15. The van der Waals surface area contributed by atoms with Crippen LogP contribution < -0.4 is 14.8 Å². The van der Waals surface area contributed by atoms with E-state index in [1.807, 2.05) is 26.8 Å². The summed E-state index contributed by atoms with van der Waals surface area (Å²) in [7, 11) is 2.98. The minimum absolute atomic E-state index is 0.249. The lowest BCUT2D eigenvalue weighted by molar-refractivity contribution is 0.0910. The molecule has 5 nitrogen and oxygen atoms in total. The van der Waals surface area contributed by atoms with E-state index in [2.05, 4.69) is 5.32 Å². The van der Waals surface area contributed by atoms with Crippen LogP contribution in [0, 0.1) is 0 Å². The SMILES string of the molecule is COc1cc(C(=O)NC(C)(C)C)c(C(=O)c2ccccc2)cc1OC. The van der Waals surface area contributed by atoms with Crippen molar-refractivity contribution in [1.29, 1.82) is 0 Å². The van der Waals surface area contributed by atoms with Crippen LogP contribution >= 0.6 is 0 Å². The second-order valence-corrected chi connectivity index (χ2v) is 6.65. The van der Waals surface area contributed by atoms with Crippen molar-refractivity contribution in [3.05, 3.63) is 59.2 Å². The fourth-order valence-corrected chi connectivity index (χ4v) is 2.41. The largest absolute Gasteiger partial charge is 0.493 e. The van der Waals surface area contributed by atoms with E-state index < -0.39 is 5.54 Å². The molecule has 0 radical (unpaired) electrons. The number of methoxy groups -OCH3 is 2. The number of amides is 1. The van der Waals surface area contributed by atoms with Gasteiger partial charge in [-0.1, -0.05) is 30.3 Å². The Balaban J connectivity index is 2.59. The van der Waals surface area contributed by atoms with Crippen LogP contribution in [-0.2, 0) is 0 Å². The Morgan fingerprint density at radius 1 is 0.880 bits per heavy atom. The van der Waals surface area contributed by atoms with Crippen molar-refractivity contribution in [3.63, 3.8) is 0 Å². The molecule has 0 heterocycles. The summed E-state index contributed by atoms with van der Waals surface area (Å²) in [5, 5.41) is 2.88. The maximum absolute atomic E-state index is 12.9. The first-order chi connectivity index (χ1) is 11.8. The Labute approximate surface area is 148 Å². The molecule has 0 aromatic heterocycles. The Kier molecular flexibility index (Phi) is 5.47. The van der Waals surface area contributed by atoms with Crippen molar-refractivity contribution in [1.82, 2.24) is 5.32 Å². The van der Waals surface area contributed by atoms with Crippen molar-refractivity contribution < 1.29 is 19.1 Å². The quantitative estimate of drug-likeness (QED) is 0.846. The number of ether oxygens (including phenoxy) is 2. The highest BCUT2D eigenvalue weighted by atomic mass is 16.5. The molecule has 0 aliphatic heterocycles. The molecule has 132 valence electrons. The number of hydrogen-bond acceptors (Lipinski definition) is 4. The van der Waals surface area contributed by atoms with Crippen LogP contribution in [0.3, 0.4) is 0 Å². The zero-order valence-corrected chi connectivity index (χ0v) is 15.2. The van der Waals surface area contributed by atoms with Crippen molar-refractivity contribution in [2.75, 3.05) is 14.2 Å². The molecular formula is C20H23NO4. The molecule has 0 saturated carbocycles. The molecule has 5 heteroatoms. The Morgan fingerprint density at radius 2 is 1.40 bits per heavy atom. The van der Waals surface area contributed by atoms with E-state index in [4.69, 9.17) is 9.47 Å². The molecule has 1 N–H and O–H groups in total. The second kappa shape index (κ2) is 7.38. The number of nitrogens with one attached hydrogen (secondary N) is 1. The summed E-state index contributed by atoms with van der Waals surface area (Å²) in [4.78, 5) is 25.7. The lowest BCUT2D eigenvalue weighted by Crippen LogP contribution is -2.41. The summed E-state index contributed by atoms with van der Waals surface area (Å²) < 4.78 is 10.6. The predicted octanol–water partition coefficient (Wildman–Crippen LogP) is 3.46. The van der Waals surface area contributed by atoms with Crippen molar-refractivity contribution in [2.45, 2.75) is 26.3 Å². The number of carbonyl (C=O) groups excluding carboxylic acids is 2. The molecule has 0 aliphatic carbocycles. The normalized spacial score (nSPS) is 10.9. The summed E-state index contributed by atoms with van der Waals surface area (Å²) in [6, 6.07) is 11.9. The van der Waals surface area contributed by atoms with E-state index in [-0.39, 0.29) is 22.8 Å². The van der Waals surface area contributed by atoms with Gasteiger partial charge in [-0.2, -0.15) is 0 Å². The summed E-state index contributed by atoms with van der Waals surface area (Å²) >= 11 is 0. The topological polar surface area (TPSA) is 64.6 Å². The highest BCUT2D eigenvalue weighted by Gasteiger charge is 2.24. The maximum atomic E-state index is 12.9. The number of rotatable bonds is 5. The van der Waals surface area contributed by atoms with Gasteiger partial charge in [0.1, 0.15) is 0 Å². The van der Waals surface area contributed by atoms with Gasteiger partial charge >= 0.3 is 0 Å². The van der Waals surface area contributed by atoms with Crippen molar-refractivity contribution in [2.24, 2.45) is 0 Å². The highest BCUT2D eigenvalue weighted by Crippen LogP contribution is 2.32. The average Bonchev–Trinajstić information content (AvgIpc) is 2.59. The fourth-order valence-electron chi connectivity index (χ4n) is 2.41. The Morgan fingerprint density at radius 3 is 1.88 bits per heavy atom. The molecule has 0 fully saturated rings. The Bertz CT molecular complexity index is 776. The van der Waals surface area contributed by atoms with E-state index in [0.717, 1.165) is 0 Å². The van der Waals surface area contributed by atoms with Crippen LogP contribution in [0.4, 0.5) is 0 Å². The van der Waals surface area contributed by atoms with Crippen LogP contribution in [0.25, 0.3) is 0 Å². The minimum Gasteiger partial charge on any atom is -0.493 e. The molecule has 0 unspecified atom stereocenters. The Hall–Kier alpha value is -2.82. The van der Waals surface area contributed by atoms with Gasteiger partial charge in [-0.15, -0.1) is 0 Å². The monoisotopic (exact) mass is 341 g/mol. The first-order valence-electron chi connectivity index (χ1n) is 7.95. The molecule has 1 amide bonds. The van der Waals surface area contributed by atoms with Gasteiger partial charge in [-0.05, 0) is 32.9 Å². The van der Waals surface area contributed by atoms with Crippen LogP contribution in [0.5, 0.6) is 11.5 Å². The summed E-state index contributed by atoms with van der Waals surface area (Å²) in [5.74, 6) is 0.202. The van der Waals surface area contributed by atoms with E-state index in [1.54, 1.807) is 30.3 Å². The van der Waals surface area contributed by atoms with Gasteiger partial charge in [0.25, 0.3) is 5.91 Å². The fraction of sp³-hybridized carbons (Fsp3) is 0.300. The van der Waals surface area contributed by atoms with E-state index in [9.17, 15) is 9.59 Å². The summed E-state index contributed by atoms with van der Waals surface area (Å²) in [6.07, 6.45) is 0. The molecule has 0 saturated heterocycles. The number of carbonyl (C=O) groups is 2. The van der Waals surface area contributed by atoms with Crippen LogP contribution in [0.15, 0.2) is 42.5 Å². The van der Waals surface area contributed by atoms with Gasteiger partial charge in [-0.3, -0.25) is 9.59 Å². The van der Waals surface area contributed by atoms with Crippen molar-refractivity contribution >= 4 is 11.7 Å². The number of ketones is 1. The molecule has 25 heavy (non-hydrogen) atoms. The molecule has 2 aromatic carbocycles. The van der Waals surface area contributed by atoms with Crippen LogP contribution in [-0.4, -0.2) is 31.4 Å². The van der Waals surface area contributed by atoms with Gasteiger partial charge in [0.15, 0.2) is 17.3 Å². The number of hydrogen-bond donors (Lipinski definition) is 1. The molecule has 2 aromatic rings. The molecule has 0 atom stereocenters. The van der Waals surface area contributed by atoms with Crippen LogP contribution in [0.2, 0.25) is 0 Å². The van der Waals surface area contributed by atoms with Gasteiger partial charge in [0, 0.05) is 16.7 Å². The third kappa shape index (κ3) is 4.38. The lowest BCUT2D eigenvalue weighted by atomic mass is 9.96. The third-order valence-corrected chi connectivity index (χ3v) is 3.54. The standard InChI is InChI=1S/C20H23NO4/c1-20(2,3)21-19(23)15-12-17(25-5)16(24-4)11-14(15)18(22)13-9-7-6-8-10-13/h6-12H,1-5H3,(H,21,23). The first-order valence-corrected chi connectivity index (χ1v) is 7.95. The molecule has 0 bridgehead atoms. The summed E-state index contributed by atoms with van der Waals surface area (Å²) in [5.41, 5.74) is 0.587. The molecule has 2 rings (SSSR count). The van der Waals surface area contributed by atoms with E-state index in [1.165, 1.54) is 20.3 Å². The number of benzene rings is 2. The molecular weight excluding hydrogens is 318 g/mol. The zero-order chi connectivity index (χ0) is 18.6. The van der Waals surface area contributed by atoms with Gasteiger partial charge in [0.05, 0.1) is 19.8 Å². The lowest BCUT2D eigenvalue weighted by Gasteiger charge is -2.22. The minimum atomic E-state index is -0.433. The van der Waals surface area contributed by atoms with Gasteiger partial charge in [0.2, 0.25) is 0 Å². The summed E-state index contributed by atoms with van der Waals surface area (Å²) in [6.45, 7) is 5.64. The maximum Gasteiger partial charge on any atom is 0.252 e. The molecule has 0 aliphatic rings. The smallest absolute Gasteiger partial charge is 0.252 e. The first kappa shape index (κ1) is 18.5. The van der Waals surface area contributed by atoms with Gasteiger partial charge < -0.3 is 14.8 Å². The van der Waals surface area contributed by atoms with E-state index in [0.29, 0.717) is 17.1 Å². The average molecular weight is 341 g/mol. The van der Waals surface area contributed by atoms with Gasteiger partial charge in [-0.25, -0.2) is 0 Å². The molecule has 0 spiro atoms. The second-order valence-electron chi connectivity index (χ2n) is 6.65. The predicted molar refractivity (Wildman–Crippen MR) is 96.6 cm³/mol. The third-order valence-electron chi connectivity index (χ3n) is 3.54. The van der Waals surface area contributed by atoms with Crippen molar-refractivity contribution in [3.8, 4) is 11.5 Å².